The molecular weight excluding hydrogens is 254 g/mol. The molecule has 0 radical (unpaired) electrons. The van der Waals surface area contributed by atoms with Crippen molar-refractivity contribution in [3.63, 3.8) is 0 Å². The second kappa shape index (κ2) is 5.18. The maximum absolute atomic E-state index is 11.1. The third-order valence-electron chi connectivity index (χ3n) is 2.47. The number of hydrogen-bond donors (Lipinski definition) is 0. The first-order valence-corrected chi connectivity index (χ1v) is 5.86. The van der Waals surface area contributed by atoms with Gasteiger partial charge in [0, 0.05) is 0 Å². The Morgan fingerprint density at radius 2 is 2.06 bits per heavy atom. The predicted molar refractivity (Wildman–Crippen MR) is 67.4 cm³/mol. The summed E-state index contributed by atoms with van der Waals surface area (Å²) in [6, 6.07) is 7.36. The highest BCUT2D eigenvalue weighted by atomic mass is 35.5. The summed E-state index contributed by atoms with van der Waals surface area (Å²) in [5.41, 5.74) is 1.58. The Kier molecular flexibility index (Phi) is 3.62. The molecule has 2 aromatic rings. The Hall–Kier alpha value is -1.88. The SMILES string of the molecule is CCOc1ccc(-n2nnc(C(=O)Cl)c2C)cc1. The molecule has 0 N–H and O–H groups in total. The van der Waals surface area contributed by atoms with Gasteiger partial charge in [-0.05, 0) is 49.7 Å². The first-order chi connectivity index (χ1) is 8.63. The van der Waals surface area contributed by atoms with Crippen molar-refractivity contribution in [3.8, 4) is 11.4 Å². The van der Waals surface area contributed by atoms with Gasteiger partial charge < -0.3 is 4.74 Å². The molecule has 0 aliphatic rings. The summed E-state index contributed by atoms with van der Waals surface area (Å²) in [4.78, 5) is 11.1. The molecule has 0 aliphatic carbocycles. The highest BCUT2D eigenvalue weighted by Gasteiger charge is 2.14. The molecule has 6 heteroatoms. The Morgan fingerprint density at radius 3 is 2.56 bits per heavy atom. The summed E-state index contributed by atoms with van der Waals surface area (Å²) >= 11 is 5.40. The van der Waals surface area contributed by atoms with Crippen LogP contribution in [0.5, 0.6) is 5.75 Å². The molecule has 1 heterocycles. The third kappa shape index (κ3) is 2.36. The number of aromatic nitrogens is 3. The minimum absolute atomic E-state index is 0.172. The molecule has 1 aromatic carbocycles. The van der Waals surface area contributed by atoms with Crippen LogP contribution in [0.3, 0.4) is 0 Å². The van der Waals surface area contributed by atoms with Crippen molar-refractivity contribution in [2.45, 2.75) is 13.8 Å². The molecule has 0 fully saturated rings. The smallest absolute Gasteiger partial charge is 0.274 e. The van der Waals surface area contributed by atoms with Crippen LogP contribution in [0.15, 0.2) is 24.3 Å². The second-order valence-corrected chi connectivity index (χ2v) is 3.98. The molecular formula is C12H12ClN3O2. The van der Waals surface area contributed by atoms with Crippen molar-refractivity contribution >= 4 is 16.8 Å². The number of benzene rings is 1. The molecule has 0 atom stereocenters. The van der Waals surface area contributed by atoms with Gasteiger partial charge in [-0.25, -0.2) is 4.68 Å². The second-order valence-electron chi connectivity index (χ2n) is 3.64. The van der Waals surface area contributed by atoms with Gasteiger partial charge in [0.05, 0.1) is 18.0 Å². The van der Waals surface area contributed by atoms with Gasteiger partial charge in [-0.15, -0.1) is 5.10 Å². The van der Waals surface area contributed by atoms with E-state index in [2.05, 4.69) is 10.3 Å². The first-order valence-electron chi connectivity index (χ1n) is 5.49. The molecule has 18 heavy (non-hydrogen) atoms. The Labute approximate surface area is 109 Å². The fraction of sp³-hybridized carbons (Fsp3) is 0.250. The number of hydrogen-bond acceptors (Lipinski definition) is 4. The van der Waals surface area contributed by atoms with Crippen LogP contribution in [0, 0.1) is 6.92 Å². The van der Waals surface area contributed by atoms with Gasteiger partial charge in [-0.2, -0.15) is 0 Å². The zero-order valence-corrected chi connectivity index (χ0v) is 10.8. The lowest BCUT2D eigenvalue weighted by Gasteiger charge is -2.05. The monoisotopic (exact) mass is 265 g/mol. The lowest BCUT2D eigenvalue weighted by molar-refractivity contribution is 0.107. The highest BCUT2D eigenvalue weighted by Crippen LogP contribution is 2.17. The average molecular weight is 266 g/mol. The van der Waals surface area contributed by atoms with Crippen LogP contribution in [-0.4, -0.2) is 26.8 Å². The van der Waals surface area contributed by atoms with Crippen molar-refractivity contribution in [1.29, 1.82) is 0 Å². The Balaban J connectivity index is 2.34. The number of ether oxygens (including phenoxy) is 1. The maximum Gasteiger partial charge on any atom is 0.274 e. The van der Waals surface area contributed by atoms with Crippen molar-refractivity contribution in [2.24, 2.45) is 0 Å². The topological polar surface area (TPSA) is 57.0 Å². The number of rotatable bonds is 4. The Morgan fingerprint density at radius 1 is 1.39 bits per heavy atom. The van der Waals surface area contributed by atoms with Gasteiger partial charge in [0.15, 0.2) is 5.69 Å². The number of carbonyl (C=O) groups excluding carboxylic acids is 1. The summed E-state index contributed by atoms with van der Waals surface area (Å²) in [6.07, 6.45) is 0. The van der Waals surface area contributed by atoms with E-state index in [9.17, 15) is 4.79 Å². The van der Waals surface area contributed by atoms with E-state index in [4.69, 9.17) is 16.3 Å². The van der Waals surface area contributed by atoms with Crippen LogP contribution < -0.4 is 4.74 Å². The van der Waals surface area contributed by atoms with E-state index in [0.717, 1.165) is 11.4 Å². The molecule has 0 spiro atoms. The van der Waals surface area contributed by atoms with E-state index in [1.165, 1.54) is 0 Å². The zero-order valence-electron chi connectivity index (χ0n) is 10.1. The quantitative estimate of drug-likeness (QED) is 0.797. The highest BCUT2D eigenvalue weighted by molar-refractivity contribution is 6.67. The minimum atomic E-state index is -0.607. The zero-order chi connectivity index (χ0) is 13.1. The molecule has 0 amide bonds. The van der Waals surface area contributed by atoms with Crippen molar-refractivity contribution in [2.75, 3.05) is 6.61 Å². The predicted octanol–water partition coefficient (Wildman–Crippen LogP) is 2.35. The summed E-state index contributed by atoms with van der Waals surface area (Å²) in [6.45, 7) is 4.28. The summed E-state index contributed by atoms with van der Waals surface area (Å²) in [5, 5.41) is 7.05. The molecule has 0 bridgehead atoms. The van der Waals surface area contributed by atoms with Crippen LogP contribution in [0.25, 0.3) is 5.69 Å². The average Bonchev–Trinajstić information content (AvgIpc) is 2.73. The summed E-state index contributed by atoms with van der Waals surface area (Å²) in [5.74, 6) is 0.785. The van der Waals surface area contributed by atoms with Gasteiger partial charge in [0.1, 0.15) is 5.75 Å². The van der Waals surface area contributed by atoms with E-state index in [1.807, 2.05) is 31.2 Å². The van der Waals surface area contributed by atoms with E-state index >= 15 is 0 Å². The fourth-order valence-electron chi connectivity index (χ4n) is 1.61. The van der Waals surface area contributed by atoms with E-state index in [-0.39, 0.29) is 5.69 Å². The summed E-state index contributed by atoms with van der Waals surface area (Å²) < 4.78 is 6.91. The number of carbonyl (C=O) groups is 1. The number of halogens is 1. The number of nitrogens with zero attached hydrogens (tertiary/aromatic N) is 3. The lowest BCUT2D eigenvalue weighted by atomic mass is 10.3. The van der Waals surface area contributed by atoms with Gasteiger partial charge in [-0.1, -0.05) is 5.21 Å². The molecule has 5 nitrogen and oxygen atoms in total. The maximum atomic E-state index is 11.1. The lowest BCUT2D eigenvalue weighted by Crippen LogP contribution is -2.00. The van der Waals surface area contributed by atoms with E-state index in [0.29, 0.717) is 12.3 Å². The summed E-state index contributed by atoms with van der Waals surface area (Å²) in [7, 11) is 0. The van der Waals surface area contributed by atoms with Crippen LogP contribution in [-0.2, 0) is 0 Å². The fourth-order valence-corrected chi connectivity index (χ4v) is 1.78. The first kappa shape index (κ1) is 12.6. The van der Waals surface area contributed by atoms with Crippen LogP contribution in [0.4, 0.5) is 0 Å². The van der Waals surface area contributed by atoms with Crippen LogP contribution >= 0.6 is 11.6 Å². The van der Waals surface area contributed by atoms with Gasteiger partial charge in [0.25, 0.3) is 5.24 Å². The standard InChI is InChI=1S/C12H12ClN3O2/c1-3-18-10-6-4-9(5-7-10)16-8(2)11(12(13)17)14-15-16/h4-7H,3H2,1-2H3. The van der Waals surface area contributed by atoms with Crippen LogP contribution in [0.1, 0.15) is 23.1 Å². The van der Waals surface area contributed by atoms with Crippen LogP contribution in [0.2, 0.25) is 0 Å². The largest absolute Gasteiger partial charge is 0.494 e. The van der Waals surface area contributed by atoms with Crippen molar-refractivity contribution in [1.82, 2.24) is 15.0 Å². The third-order valence-corrected chi connectivity index (χ3v) is 2.65. The molecule has 1 aromatic heterocycles. The van der Waals surface area contributed by atoms with Gasteiger partial charge >= 0.3 is 0 Å². The van der Waals surface area contributed by atoms with Crippen molar-refractivity contribution in [3.05, 3.63) is 35.7 Å². The molecule has 94 valence electrons. The molecule has 0 saturated carbocycles. The van der Waals surface area contributed by atoms with Crippen molar-refractivity contribution < 1.29 is 9.53 Å². The molecule has 0 unspecified atom stereocenters. The Bertz CT molecular complexity index is 563. The molecule has 2 rings (SSSR count). The van der Waals surface area contributed by atoms with Gasteiger partial charge in [0.2, 0.25) is 0 Å². The van der Waals surface area contributed by atoms with E-state index in [1.54, 1.807) is 11.6 Å². The molecule has 0 saturated heterocycles. The van der Waals surface area contributed by atoms with Gasteiger partial charge in [-0.3, -0.25) is 4.79 Å². The normalized spacial score (nSPS) is 10.4. The molecule has 0 aliphatic heterocycles. The van der Waals surface area contributed by atoms with E-state index < -0.39 is 5.24 Å². The minimum Gasteiger partial charge on any atom is -0.494 e.